The standard InChI is InChI=1S/C25H46NO6P/c1-5-18-25(4,20-27)19-23(33(29,30-6-2)31-7-3)24(28)32-26(21-14-10-8-11-15-21)22-16-12-9-13-17-22/h20-23H,5-19H2,1-4H3/q+1. The summed E-state index contributed by atoms with van der Waals surface area (Å²) < 4.78 is 11.2. The molecular weight excluding hydrogens is 441 g/mol. The molecule has 1 radical (unpaired) electrons. The van der Waals surface area contributed by atoms with Gasteiger partial charge in [0, 0.05) is 18.5 Å². The lowest BCUT2D eigenvalue weighted by molar-refractivity contribution is -0.236. The van der Waals surface area contributed by atoms with Gasteiger partial charge in [0.2, 0.25) is 10.5 Å². The topological polar surface area (TPSA) is 91.0 Å². The molecule has 2 aliphatic rings. The molecular formula is C25H46NO6P+. The lowest BCUT2D eigenvalue weighted by Crippen LogP contribution is -2.49. The molecule has 0 aromatic carbocycles. The number of aldehydes is 1. The van der Waals surface area contributed by atoms with Crippen molar-refractivity contribution in [3.8, 4) is 0 Å². The molecule has 0 bridgehead atoms. The normalized spacial score (nSPS) is 21.5. The van der Waals surface area contributed by atoms with Crippen LogP contribution in [0.25, 0.3) is 0 Å². The zero-order valence-electron chi connectivity index (χ0n) is 21.3. The van der Waals surface area contributed by atoms with Gasteiger partial charge in [-0.3, -0.25) is 0 Å². The largest absolute Gasteiger partial charge is 0.631 e. The fourth-order valence-electron chi connectivity index (χ4n) is 5.41. The molecule has 191 valence electrons. The number of carbonyl (C=O) groups is 2. The van der Waals surface area contributed by atoms with E-state index in [1.54, 1.807) is 13.8 Å². The summed E-state index contributed by atoms with van der Waals surface area (Å²) in [6.07, 6.45) is 13.3. The van der Waals surface area contributed by atoms with Crippen LogP contribution < -0.4 is 4.89 Å². The van der Waals surface area contributed by atoms with E-state index in [4.69, 9.17) is 13.9 Å². The second-order valence-electron chi connectivity index (χ2n) is 9.97. The Balaban J connectivity index is 2.33. The highest BCUT2D eigenvalue weighted by Crippen LogP contribution is 2.60. The highest BCUT2D eigenvalue weighted by molar-refractivity contribution is 7.61. The predicted octanol–water partition coefficient (Wildman–Crippen LogP) is 5.37. The van der Waals surface area contributed by atoms with Gasteiger partial charge in [-0.05, 0) is 52.9 Å². The van der Waals surface area contributed by atoms with Gasteiger partial charge in [0.1, 0.15) is 0 Å². The minimum Gasteiger partial charge on any atom is -0.631 e. The van der Waals surface area contributed by atoms with Crippen LogP contribution in [-0.2, 0) is 23.5 Å². The third-order valence-electron chi connectivity index (χ3n) is 7.10. The first-order valence-corrected chi connectivity index (χ1v) is 14.8. The van der Waals surface area contributed by atoms with Crippen molar-refractivity contribution >= 4 is 20.2 Å². The molecule has 8 heteroatoms. The third kappa shape index (κ3) is 8.24. The third-order valence-corrected chi connectivity index (χ3v) is 9.49. The van der Waals surface area contributed by atoms with Gasteiger partial charge in [0.25, 0.3) is 7.94 Å². The minimum absolute atomic E-state index is 0.0869. The van der Waals surface area contributed by atoms with Crippen LogP contribution in [0.5, 0.6) is 0 Å². The molecule has 0 heterocycles. The smallest absolute Gasteiger partial charge is 0.439 e. The molecule has 2 saturated carbocycles. The molecule has 2 atom stereocenters. The van der Waals surface area contributed by atoms with Crippen molar-refractivity contribution in [1.29, 1.82) is 0 Å². The van der Waals surface area contributed by atoms with Crippen molar-refractivity contribution in [3.63, 3.8) is 0 Å². The molecule has 2 unspecified atom stereocenters. The minimum atomic E-state index is -3.82. The first-order valence-electron chi connectivity index (χ1n) is 13.2. The second kappa shape index (κ2) is 14.1. The van der Waals surface area contributed by atoms with Gasteiger partial charge in [-0.15, -0.1) is 5.06 Å². The average Bonchev–Trinajstić information content (AvgIpc) is 2.82. The van der Waals surface area contributed by atoms with Crippen LogP contribution in [0.3, 0.4) is 0 Å². The molecule has 33 heavy (non-hydrogen) atoms. The summed E-state index contributed by atoms with van der Waals surface area (Å²) in [5.74, 6) is -0.583. The van der Waals surface area contributed by atoms with Crippen LogP contribution in [-0.4, -0.2) is 48.3 Å². The summed E-state index contributed by atoms with van der Waals surface area (Å²) in [6, 6.07) is 0.385. The molecule has 0 aromatic rings. The molecule has 0 saturated heterocycles. The predicted molar refractivity (Wildman–Crippen MR) is 129 cm³/mol. The van der Waals surface area contributed by atoms with Crippen LogP contribution in [0.1, 0.15) is 111 Å². The van der Waals surface area contributed by atoms with Crippen LogP contribution in [0.15, 0.2) is 0 Å². The number of rotatable bonds is 14. The zero-order valence-corrected chi connectivity index (χ0v) is 22.2. The first kappa shape index (κ1) is 28.6. The van der Waals surface area contributed by atoms with Gasteiger partial charge in [-0.25, -0.2) is 13.8 Å². The molecule has 0 spiro atoms. The summed E-state index contributed by atoms with van der Waals surface area (Å²) in [5, 5.41) is 1.94. The molecule has 0 N–H and O–H groups in total. The van der Waals surface area contributed by atoms with Crippen molar-refractivity contribution in [2.75, 3.05) is 13.2 Å². The van der Waals surface area contributed by atoms with Gasteiger partial charge >= 0.3 is 12.3 Å². The van der Waals surface area contributed by atoms with Gasteiger partial charge in [-0.1, -0.05) is 51.9 Å². The molecule has 2 rings (SSSR count). The Bertz CT molecular complexity index is 569. The number of carbonyl (C=O) groups excluding carboxylic acids is 2. The van der Waals surface area contributed by atoms with Gasteiger partial charge in [0.15, 0.2) is 0 Å². The van der Waals surface area contributed by atoms with Crippen molar-refractivity contribution < 1.29 is 28.4 Å². The van der Waals surface area contributed by atoms with E-state index in [0.29, 0.717) is 6.42 Å². The SMILES string of the molecule is CCCC(C)(C=[O+])CC(C(=O)ON(C1CCCCC1)C1CCCCC1)[P+]([O-])(OCC)OCC. The Morgan fingerprint density at radius 2 is 1.52 bits per heavy atom. The average molecular weight is 488 g/mol. The quantitative estimate of drug-likeness (QED) is 0.141. The maximum absolute atomic E-state index is 13.8. The van der Waals surface area contributed by atoms with Crippen LogP contribution >= 0.6 is 7.94 Å². The van der Waals surface area contributed by atoms with Gasteiger partial charge in [0.05, 0.1) is 18.6 Å². The summed E-state index contributed by atoms with van der Waals surface area (Å²) in [7, 11) is -3.82. The van der Waals surface area contributed by atoms with Crippen molar-refractivity contribution in [3.05, 3.63) is 0 Å². The number of hydrogen-bond donors (Lipinski definition) is 0. The molecule has 0 amide bonds. The van der Waals surface area contributed by atoms with Gasteiger partial charge in [-0.2, -0.15) is 0 Å². The monoisotopic (exact) mass is 487 g/mol. The Hall–Kier alpha value is -0.590. The van der Waals surface area contributed by atoms with Gasteiger partial charge < -0.3 is 9.73 Å². The Labute approximate surface area is 201 Å². The first-order chi connectivity index (χ1) is 15.8. The maximum atomic E-state index is 13.8. The summed E-state index contributed by atoms with van der Waals surface area (Å²) in [5.41, 5.74) is -1.93. The fraction of sp³-hybridized carbons (Fsp3) is 0.920. The summed E-state index contributed by atoms with van der Waals surface area (Å²) >= 11 is 0. The van der Waals surface area contributed by atoms with E-state index in [9.17, 15) is 14.5 Å². The Morgan fingerprint density at radius 1 is 1.03 bits per heavy atom. The lowest BCUT2D eigenvalue weighted by atomic mass is 9.82. The zero-order chi connectivity index (χ0) is 24.3. The van der Waals surface area contributed by atoms with Crippen LogP contribution in [0, 0.1) is 5.41 Å². The van der Waals surface area contributed by atoms with Crippen molar-refractivity contribution in [2.45, 2.75) is 129 Å². The molecule has 7 nitrogen and oxygen atoms in total. The number of hydroxylamine groups is 2. The van der Waals surface area contributed by atoms with E-state index in [2.05, 4.69) is 0 Å². The molecule has 0 aromatic heterocycles. The number of hydrogen-bond acceptors (Lipinski definition) is 7. The lowest BCUT2D eigenvalue weighted by Gasteiger charge is -2.41. The Kier molecular flexibility index (Phi) is 12.2. The summed E-state index contributed by atoms with van der Waals surface area (Å²) in [6.45, 7) is 7.58. The molecule has 2 fully saturated rings. The molecule has 0 aliphatic heterocycles. The van der Waals surface area contributed by atoms with E-state index in [1.165, 1.54) is 12.8 Å². The summed E-state index contributed by atoms with van der Waals surface area (Å²) in [4.78, 5) is 45.7. The second-order valence-corrected chi connectivity index (χ2v) is 12.2. The fourth-order valence-corrected chi connectivity index (χ4v) is 7.51. The van der Waals surface area contributed by atoms with Crippen LogP contribution in [0.4, 0.5) is 0 Å². The van der Waals surface area contributed by atoms with Crippen molar-refractivity contribution in [1.82, 2.24) is 5.06 Å². The van der Waals surface area contributed by atoms with E-state index >= 15 is 0 Å². The number of nitrogens with zero attached hydrogens (tertiary/aromatic N) is 1. The Morgan fingerprint density at radius 3 is 1.91 bits per heavy atom. The van der Waals surface area contributed by atoms with Crippen molar-refractivity contribution in [2.24, 2.45) is 5.41 Å². The highest BCUT2D eigenvalue weighted by Gasteiger charge is 2.53. The van der Waals surface area contributed by atoms with E-state index < -0.39 is 25.0 Å². The highest BCUT2D eigenvalue weighted by atomic mass is 31.2. The van der Waals surface area contributed by atoms with E-state index in [-0.39, 0.29) is 31.7 Å². The van der Waals surface area contributed by atoms with E-state index in [1.807, 2.05) is 18.9 Å². The maximum Gasteiger partial charge on any atom is 0.439 e. The van der Waals surface area contributed by atoms with E-state index in [0.717, 1.165) is 64.1 Å². The van der Waals surface area contributed by atoms with Crippen LogP contribution in [0.2, 0.25) is 0 Å². The molecule has 2 aliphatic carbocycles.